The molecule has 1 saturated heterocycles. The molecule has 3 aromatic carbocycles. The fourth-order valence-electron chi connectivity index (χ4n) is 3.91. The number of phenols is 1. The van der Waals surface area contributed by atoms with Crippen LogP contribution in [0.3, 0.4) is 0 Å². The summed E-state index contributed by atoms with van der Waals surface area (Å²) in [5.74, 6) is -0.745. The average molecular weight is 429 g/mol. The van der Waals surface area contributed by atoms with Gasteiger partial charge in [-0.15, -0.1) is 0 Å². The van der Waals surface area contributed by atoms with E-state index in [9.17, 15) is 19.8 Å². The zero-order valence-electron chi connectivity index (χ0n) is 17.6. The van der Waals surface area contributed by atoms with Crippen LogP contribution in [0.5, 0.6) is 11.5 Å². The second-order valence-electron chi connectivity index (χ2n) is 7.55. The minimum atomic E-state index is -0.724. The molecule has 1 heterocycles. The highest BCUT2D eigenvalue weighted by atomic mass is 16.5. The van der Waals surface area contributed by atoms with Gasteiger partial charge in [0.15, 0.2) is 0 Å². The Morgan fingerprint density at radius 2 is 1.59 bits per heavy atom. The number of Topliss-reactive ketones (excluding diaryl/α,β-unsaturated/α-hetero) is 1. The van der Waals surface area contributed by atoms with E-state index in [1.807, 2.05) is 6.07 Å². The summed E-state index contributed by atoms with van der Waals surface area (Å²) in [5.41, 5.74) is 2.16. The summed E-state index contributed by atoms with van der Waals surface area (Å²) in [6, 6.07) is 21.8. The first-order valence-corrected chi connectivity index (χ1v) is 10.3. The monoisotopic (exact) mass is 429 g/mol. The first kappa shape index (κ1) is 21.2. The molecule has 2 N–H and O–H groups in total. The molecule has 0 saturated carbocycles. The number of benzene rings is 3. The maximum absolute atomic E-state index is 13.0. The van der Waals surface area contributed by atoms with Crippen molar-refractivity contribution >= 4 is 17.4 Å². The quantitative estimate of drug-likeness (QED) is 0.351. The molecule has 1 atom stereocenters. The van der Waals surface area contributed by atoms with Crippen LogP contribution in [-0.4, -0.2) is 40.5 Å². The van der Waals surface area contributed by atoms with Crippen molar-refractivity contribution in [2.45, 2.75) is 12.5 Å². The molecule has 1 aliphatic rings. The largest absolute Gasteiger partial charge is 0.508 e. The Labute approximate surface area is 186 Å². The van der Waals surface area contributed by atoms with Crippen LogP contribution in [0.1, 0.15) is 22.7 Å². The molecule has 6 nitrogen and oxygen atoms in total. The highest BCUT2D eigenvalue weighted by Crippen LogP contribution is 2.39. The predicted molar refractivity (Wildman–Crippen MR) is 120 cm³/mol. The molecule has 162 valence electrons. The van der Waals surface area contributed by atoms with Gasteiger partial charge in [0.05, 0.1) is 18.7 Å². The molecular formula is C26H23NO5. The molecule has 0 spiro atoms. The van der Waals surface area contributed by atoms with E-state index in [0.717, 1.165) is 5.56 Å². The highest BCUT2D eigenvalue weighted by Gasteiger charge is 2.45. The van der Waals surface area contributed by atoms with Gasteiger partial charge in [0.1, 0.15) is 17.3 Å². The molecule has 4 rings (SSSR count). The smallest absolute Gasteiger partial charge is 0.295 e. The highest BCUT2D eigenvalue weighted by molar-refractivity contribution is 6.46. The van der Waals surface area contributed by atoms with Gasteiger partial charge >= 0.3 is 0 Å². The number of ketones is 1. The second-order valence-corrected chi connectivity index (χ2v) is 7.55. The number of amides is 1. The number of hydrogen-bond donors (Lipinski definition) is 2. The maximum atomic E-state index is 13.0. The van der Waals surface area contributed by atoms with Gasteiger partial charge in [0, 0.05) is 12.1 Å². The molecule has 1 aliphatic heterocycles. The van der Waals surface area contributed by atoms with Crippen molar-refractivity contribution in [2.24, 2.45) is 0 Å². The number of nitrogens with zero attached hydrogens (tertiary/aromatic N) is 1. The van der Waals surface area contributed by atoms with Gasteiger partial charge in [0.2, 0.25) is 0 Å². The summed E-state index contributed by atoms with van der Waals surface area (Å²) in [6.07, 6.45) is 0.491. The van der Waals surface area contributed by atoms with E-state index in [-0.39, 0.29) is 23.6 Å². The number of aliphatic hydroxyl groups excluding tert-OH is 1. The van der Waals surface area contributed by atoms with Gasteiger partial charge in [-0.1, -0.05) is 54.6 Å². The number of likely N-dealkylation sites (tertiary alicyclic amines) is 1. The minimum Gasteiger partial charge on any atom is -0.508 e. The van der Waals surface area contributed by atoms with E-state index >= 15 is 0 Å². The second kappa shape index (κ2) is 8.98. The third kappa shape index (κ3) is 4.07. The van der Waals surface area contributed by atoms with Crippen LogP contribution in [-0.2, 0) is 16.0 Å². The normalized spacial score (nSPS) is 17.5. The molecule has 0 bridgehead atoms. The van der Waals surface area contributed by atoms with Gasteiger partial charge in [-0.2, -0.15) is 0 Å². The van der Waals surface area contributed by atoms with Crippen LogP contribution in [0, 0.1) is 0 Å². The lowest BCUT2D eigenvalue weighted by molar-refractivity contribution is -0.139. The summed E-state index contributed by atoms with van der Waals surface area (Å²) in [6.45, 7) is 0.275. The van der Waals surface area contributed by atoms with E-state index in [0.29, 0.717) is 23.3 Å². The summed E-state index contributed by atoms with van der Waals surface area (Å²) in [5, 5.41) is 20.5. The van der Waals surface area contributed by atoms with Crippen molar-refractivity contribution < 1.29 is 24.5 Å². The Morgan fingerprint density at radius 3 is 2.22 bits per heavy atom. The van der Waals surface area contributed by atoms with Crippen molar-refractivity contribution in [1.29, 1.82) is 0 Å². The third-order valence-corrected chi connectivity index (χ3v) is 5.60. The van der Waals surface area contributed by atoms with Crippen molar-refractivity contribution in [3.8, 4) is 11.5 Å². The Morgan fingerprint density at radius 1 is 0.938 bits per heavy atom. The van der Waals surface area contributed by atoms with Crippen LogP contribution >= 0.6 is 0 Å². The molecule has 1 amide bonds. The molecule has 32 heavy (non-hydrogen) atoms. The average Bonchev–Trinajstić information content (AvgIpc) is 3.08. The van der Waals surface area contributed by atoms with Crippen LogP contribution in [0.2, 0.25) is 0 Å². The summed E-state index contributed by atoms with van der Waals surface area (Å²) in [7, 11) is 1.56. The van der Waals surface area contributed by atoms with Crippen molar-refractivity contribution in [3.63, 3.8) is 0 Å². The minimum absolute atomic E-state index is 0.0667. The molecule has 0 aromatic heterocycles. The SMILES string of the molecule is COc1ccc([C@H]2C(=C(O)c3ccccc3)C(=O)C(=O)N2CCc2ccc(O)cc2)cc1. The van der Waals surface area contributed by atoms with Crippen molar-refractivity contribution in [2.75, 3.05) is 13.7 Å². The van der Waals surface area contributed by atoms with E-state index in [1.165, 1.54) is 4.90 Å². The number of hydrogen-bond acceptors (Lipinski definition) is 5. The molecule has 0 unspecified atom stereocenters. The van der Waals surface area contributed by atoms with Gasteiger partial charge in [0.25, 0.3) is 11.7 Å². The first-order chi connectivity index (χ1) is 15.5. The number of aliphatic hydroxyl groups is 1. The van der Waals surface area contributed by atoms with E-state index in [1.54, 1.807) is 79.9 Å². The molecule has 6 heteroatoms. The van der Waals surface area contributed by atoms with Crippen LogP contribution in [0.15, 0.2) is 84.4 Å². The Hall–Kier alpha value is -4.06. The number of phenolic OH excluding ortho intramolecular Hbond substituents is 1. The van der Waals surface area contributed by atoms with E-state index < -0.39 is 17.7 Å². The zero-order chi connectivity index (χ0) is 22.7. The number of rotatable bonds is 6. The maximum Gasteiger partial charge on any atom is 0.295 e. The van der Waals surface area contributed by atoms with Crippen LogP contribution in [0.25, 0.3) is 5.76 Å². The Bertz CT molecular complexity index is 1150. The van der Waals surface area contributed by atoms with Gasteiger partial charge in [-0.25, -0.2) is 0 Å². The Kier molecular flexibility index (Phi) is 5.94. The number of methoxy groups -OCH3 is 1. The predicted octanol–water partition coefficient (Wildman–Crippen LogP) is 4.07. The van der Waals surface area contributed by atoms with E-state index in [4.69, 9.17) is 4.74 Å². The molecule has 1 fully saturated rings. The first-order valence-electron chi connectivity index (χ1n) is 10.3. The lowest BCUT2D eigenvalue weighted by Gasteiger charge is -2.25. The molecule has 0 aliphatic carbocycles. The standard InChI is InChI=1S/C26H23NO5/c1-32-21-13-9-18(10-14-21)23-22(24(29)19-5-3-2-4-6-19)25(30)26(31)27(23)16-15-17-7-11-20(28)12-8-17/h2-14,23,28-29H,15-16H2,1H3/t23-/m0/s1. The fourth-order valence-corrected chi connectivity index (χ4v) is 3.91. The number of ether oxygens (including phenoxy) is 1. The van der Waals surface area contributed by atoms with Gasteiger partial charge in [-0.3, -0.25) is 9.59 Å². The molecule has 0 radical (unpaired) electrons. The van der Waals surface area contributed by atoms with Gasteiger partial charge < -0.3 is 19.8 Å². The van der Waals surface area contributed by atoms with E-state index in [2.05, 4.69) is 0 Å². The molecular weight excluding hydrogens is 406 g/mol. The van der Waals surface area contributed by atoms with Crippen molar-refractivity contribution in [1.82, 2.24) is 4.90 Å². The number of carbonyl (C=O) groups is 2. The Balaban J connectivity index is 1.75. The fraction of sp³-hybridized carbons (Fsp3) is 0.154. The number of aromatic hydroxyl groups is 1. The zero-order valence-corrected chi connectivity index (χ0v) is 17.6. The summed E-state index contributed by atoms with van der Waals surface area (Å²) < 4.78 is 5.23. The number of carbonyl (C=O) groups excluding carboxylic acids is 2. The summed E-state index contributed by atoms with van der Waals surface area (Å²) >= 11 is 0. The topological polar surface area (TPSA) is 87.1 Å². The third-order valence-electron chi connectivity index (χ3n) is 5.60. The lowest BCUT2D eigenvalue weighted by atomic mass is 9.95. The van der Waals surface area contributed by atoms with Crippen LogP contribution in [0.4, 0.5) is 0 Å². The van der Waals surface area contributed by atoms with Gasteiger partial charge in [-0.05, 0) is 41.8 Å². The summed E-state index contributed by atoms with van der Waals surface area (Å²) in [4.78, 5) is 27.5. The molecule has 3 aromatic rings. The lowest BCUT2D eigenvalue weighted by Crippen LogP contribution is -2.31. The van der Waals surface area contributed by atoms with Crippen LogP contribution < -0.4 is 4.74 Å². The van der Waals surface area contributed by atoms with Crippen molar-refractivity contribution in [3.05, 3.63) is 101 Å².